The molecule has 0 amide bonds. The molecule has 11 atom stereocenters. The summed E-state index contributed by atoms with van der Waals surface area (Å²) >= 11 is 0. The van der Waals surface area contributed by atoms with Gasteiger partial charge < -0.3 is 5.11 Å². The third kappa shape index (κ3) is 1.51. The zero-order valence-electron chi connectivity index (χ0n) is 15.3. The van der Waals surface area contributed by atoms with Crippen molar-refractivity contribution >= 4 is 5.78 Å². The summed E-state index contributed by atoms with van der Waals surface area (Å²) in [5, 5.41) is 15.1. The molecule has 0 bridgehead atoms. The number of fused-ring (bicyclic) bond motifs is 10. The summed E-state index contributed by atoms with van der Waals surface area (Å²) in [5.41, 5.74) is -0.863. The molecule has 4 heteroatoms. The van der Waals surface area contributed by atoms with Crippen molar-refractivity contribution in [3.63, 3.8) is 0 Å². The quantitative estimate of drug-likeness (QED) is 0.740. The van der Waals surface area contributed by atoms with Crippen LogP contribution in [0.25, 0.3) is 0 Å². The van der Waals surface area contributed by atoms with Crippen LogP contribution in [0, 0.1) is 57.2 Å². The van der Waals surface area contributed by atoms with Gasteiger partial charge in [-0.2, -0.15) is 4.91 Å². The van der Waals surface area contributed by atoms with Crippen LogP contribution in [0.15, 0.2) is 5.18 Å². The number of hydrogen-bond acceptors (Lipinski definition) is 4. The molecule has 4 unspecified atom stereocenters. The molecule has 25 heavy (non-hydrogen) atoms. The van der Waals surface area contributed by atoms with Gasteiger partial charge in [0.15, 0.2) is 0 Å². The first-order valence-corrected chi connectivity index (χ1v) is 10.4. The van der Waals surface area contributed by atoms with Crippen LogP contribution in [0.2, 0.25) is 0 Å². The summed E-state index contributed by atoms with van der Waals surface area (Å²) in [6, 6.07) is -0.203. The van der Waals surface area contributed by atoms with Gasteiger partial charge in [0.25, 0.3) is 0 Å². The van der Waals surface area contributed by atoms with E-state index in [9.17, 15) is 14.8 Å². The van der Waals surface area contributed by atoms with E-state index in [2.05, 4.69) is 19.0 Å². The molecule has 4 nitrogen and oxygen atoms in total. The Morgan fingerprint density at radius 1 is 1.08 bits per heavy atom. The predicted molar refractivity (Wildman–Crippen MR) is 92.5 cm³/mol. The highest BCUT2D eigenvalue weighted by atomic mass is 16.3. The fraction of sp³-hybridized carbons (Fsp3) is 0.952. The first-order chi connectivity index (χ1) is 11.8. The Labute approximate surface area is 149 Å². The molecular formula is C21H29NO3. The average Bonchev–Trinajstić information content (AvgIpc) is 3.48. The normalized spacial score (nSPS) is 66.6. The summed E-state index contributed by atoms with van der Waals surface area (Å²) in [6.07, 6.45) is 6.68. The number of ketones is 1. The largest absolute Gasteiger partial charge is 0.389 e. The number of carbonyl (C=O) groups is 1. The summed E-state index contributed by atoms with van der Waals surface area (Å²) in [5.74, 6) is 4.25. The molecule has 0 radical (unpaired) electrons. The van der Waals surface area contributed by atoms with Crippen LogP contribution in [0.3, 0.4) is 0 Å². The Hall–Kier alpha value is -0.770. The van der Waals surface area contributed by atoms with Crippen molar-refractivity contribution in [3.05, 3.63) is 4.91 Å². The Balaban J connectivity index is 1.43. The molecule has 0 heterocycles. The highest BCUT2D eigenvalue weighted by Crippen LogP contribution is 2.79. The minimum atomic E-state index is -0.699. The highest BCUT2D eigenvalue weighted by molar-refractivity contribution is 5.92. The van der Waals surface area contributed by atoms with Crippen molar-refractivity contribution in [1.29, 1.82) is 0 Å². The second kappa shape index (κ2) is 4.21. The van der Waals surface area contributed by atoms with Crippen molar-refractivity contribution in [2.45, 2.75) is 70.4 Å². The number of nitroso groups, excluding NO2 is 1. The van der Waals surface area contributed by atoms with Gasteiger partial charge in [0.2, 0.25) is 0 Å². The van der Waals surface area contributed by atoms with Crippen molar-refractivity contribution in [2.75, 3.05) is 0 Å². The molecular weight excluding hydrogens is 314 g/mol. The monoisotopic (exact) mass is 343 g/mol. The number of carbonyl (C=O) groups excluding carboxylic acids is 1. The molecule has 6 fully saturated rings. The summed E-state index contributed by atoms with van der Waals surface area (Å²) in [6.45, 7) is 4.57. The molecule has 1 N–H and O–H groups in total. The molecule has 0 spiro atoms. The van der Waals surface area contributed by atoms with Gasteiger partial charge in [0, 0.05) is 17.8 Å². The topological polar surface area (TPSA) is 66.7 Å². The zero-order valence-corrected chi connectivity index (χ0v) is 15.3. The van der Waals surface area contributed by atoms with Crippen LogP contribution in [0.4, 0.5) is 0 Å². The zero-order chi connectivity index (χ0) is 17.4. The van der Waals surface area contributed by atoms with Crippen molar-refractivity contribution in [3.8, 4) is 0 Å². The molecule has 6 aliphatic rings. The maximum absolute atomic E-state index is 12.9. The van der Waals surface area contributed by atoms with Gasteiger partial charge in [-0.3, -0.25) is 4.79 Å². The van der Waals surface area contributed by atoms with Gasteiger partial charge in [0.05, 0.1) is 11.6 Å². The number of Topliss-reactive ketones (excluding diaryl/α,β-unsaturated/α-hetero) is 1. The van der Waals surface area contributed by atoms with Crippen LogP contribution in [0.1, 0.15) is 58.8 Å². The molecule has 6 rings (SSSR count). The molecule has 0 aromatic heterocycles. The third-order valence-electron chi connectivity index (χ3n) is 10.2. The van der Waals surface area contributed by atoms with E-state index in [1.54, 1.807) is 0 Å². The standard InChI is InChI=1S/C21H29NO3/c1-19-5-4-14-16(17(19)11-7-12(11)18(19)23)13-8-15(13)21(24)9-10(22-25)3-6-20(14,21)2/h10-17,24H,3-9H2,1-2H3/t10-,11+,12-,13-,14?,15?,16?,17?,19-,20+,21+/m0/s1. The Morgan fingerprint density at radius 2 is 1.88 bits per heavy atom. The van der Waals surface area contributed by atoms with Crippen molar-refractivity contribution in [1.82, 2.24) is 0 Å². The SMILES string of the molecule is C[C@]12CCC3C(C1[C@@H]1C[C@@H]1C2=O)[C@H]1CC1[C@]1(O)C[C@@H](N=O)CC[C@]31C. The van der Waals surface area contributed by atoms with Gasteiger partial charge in [-0.25, -0.2) is 0 Å². The second-order valence-corrected chi connectivity index (χ2v) is 10.9. The molecule has 0 aromatic carbocycles. The lowest BCUT2D eigenvalue weighted by molar-refractivity contribution is -0.213. The van der Waals surface area contributed by atoms with Gasteiger partial charge in [-0.05, 0) is 79.4 Å². The Bertz CT molecular complexity index is 693. The average molecular weight is 343 g/mol. The maximum atomic E-state index is 12.9. The fourth-order valence-electron chi connectivity index (χ4n) is 8.92. The molecule has 6 saturated carbocycles. The summed E-state index contributed by atoms with van der Waals surface area (Å²) < 4.78 is 0. The van der Waals surface area contributed by atoms with Crippen molar-refractivity contribution < 1.29 is 9.90 Å². The van der Waals surface area contributed by atoms with Crippen LogP contribution in [-0.4, -0.2) is 22.5 Å². The van der Waals surface area contributed by atoms with Crippen LogP contribution >= 0.6 is 0 Å². The molecule has 6 aliphatic carbocycles. The van der Waals surface area contributed by atoms with Gasteiger partial charge in [-0.1, -0.05) is 19.0 Å². The number of hydrogen-bond donors (Lipinski definition) is 1. The lowest BCUT2D eigenvalue weighted by Gasteiger charge is -2.63. The minimum absolute atomic E-state index is 0.0741. The van der Waals surface area contributed by atoms with Crippen molar-refractivity contribution in [2.24, 2.45) is 57.4 Å². The highest BCUT2D eigenvalue weighted by Gasteiger charge is 2.78. The smallest absolute Gasteiger partial charge is 0.142 e. The first-order valence-electron chi connectivity index (χ1n) is 10.4. The van der Waals surface area contributed by atoms with Gasteiger partial charge in [0.1, 0.15) is 5.78 Å². The number of nitrogens with zero attached hydrogens (tertiary/aromatic N) is 1. The van der Waals surface area contributed by atoms with E-state index in [0.29, 0.717) is 53.6 Å². The van der Waals surface area contributed by atoms with E-state index in [0.717, 1.165) is 38.5 Å². The van der Waals surface area contributed by atoms with Crippen LogP contribution in [0.5, 0.6) is 0 Å². The fourth-order valence-corrected chi connectivity index (χ4v) is 8.92. The van der Waals surface area contributed by atoms with Crippen LogP contribution < -0.4 is 0 Å². The molecule has 0 saturated heterocycles. The lowest BCUT2D eigenvalue weighted by atomic mass is 9.43. The number of aliphatic hydroxyl groups is 1. The van der Waals surface area contributed by atoms with Crippen LogP contribution in [-0.2, 0) is 4.79 Å². The van der Waals surface area contributed by atoms with Gasteiger partial charge >= 0.3 is 0 Å². The number of rotatable bonds is 1. The van der Waals surface area contributed by atoms with E-state index in [1.165, 1.54) is 0 Å². The third-order valence-corrected chi connectivity index (χ3v) is 10.2. The lowest BCUT2D eigenvalue weighted by Crippen LogP contribution is -2.64. The maximum Gasteiger partial charge on any atom is 0.142 e. The summed E-state index contributed by atoms with van der Waals surface area (Å²) in [7, 11) is 0. The molecule has 0 aliphatic heterocycles. The Kier molecular flexibility index (Phi) is 2.58. The van der Waals surface area contributed by atoms with Gasteiger partial charge in [-0.15, -0.1) is 0 Å². The Morgan fingerprint density at radius 3 is 2.64 bits per heavy atom. The molecule has 0 aromatic rings. The predicted octanol–water partition coefficient (Wildman–Crippen LogP) is 3.56. The molecule has 136 valence electrons. The van der Waals surface area contributed by atoms with E-state index < -0.39 is 5.60 Å². The second-order valence-electron chi connectivity index (χ2n) is 10.9. The minimum Gasteiger partial charge on any atom is -0.389 e. The van der Waals surface area contributed by atoms with E-state index in [1.807, 2.05) is 0 Å². The van der Waals surface area contributed by atoms with E-state index in [4.69, 9.17) is 0 Å². The summed E-state index contributed by atoms with van der Waals surface area (Å²) in [4.78, 5) is 24.1. The van der Waals surface area contributed by atoms with E-state index in [-0.39, 0.29) is 16.9 Å². The first kappa shape index (κ1) is 15.3. The van der Waals surface area contributed by atoms with E-state index >= 15 is 0 Å².